The van der Waals surface area contributed by atoms with Gasteiger partial charge in [-0.05, 0) is 18.2 Å². The van der Waals surface area contributed by atoms with Gasteiger partial charge in [0.15, 0.2) is 0 Å². The Morgan fingerprint density at radius 2 is 2.25 bits per heavy atom. The molecule has 1 amide bonds. The van der Waals surface area contributed by atoms with E-state index >= 15 is 0 Å². The Balaban J connectivity index is 2.55. The maximum atomic E-state index is 12.7. The molecule has 0 spiro atoms. The first-order chi connectivity index (χ1) is 5.68. The van der Waals surface area contributed by atoms with Crippen LogP contribution < -0.4 is 5.32 Å². The van der Waals surface area contributed by atoms with Crippen molar-refractivity contribution in [2.45, 2.75) is 4.83 Å². The number of hydrogen-bond donors (Lipinski definition) is 1. The van der Waals surface area contributed by atoms with E-state index in [0.29, 0.717) is 11.3 Å². The maximum absolute atomic E-state index is 12.7. The molecule has 0 aromatic heterocycles. The lowest BCUT2D eigenvalue weighted by atomic mass is 10.1. The van der Waals surface area contributed by atoms with Crippen LogP contribution in [0.1, 0.15) is 10.4 Å². The number of halogens is 2. The largest absolute Gasteiger partial charge is 0.325 e. The number of alkyl halides is 1. The summed E-state index contributed by atoms with van der Waals surface area (Å²) in [6.07, 6.45) is 0. The fourth-order valence-electron chi connectivity index (χ4n) is 1.19. The number of nitrogens with one attached hydrogen (secondary N) is 1. The Labute approximate surface area is 76.9 Å². The van der Waals surface area contributed by atoms with E-state index in [0.717, 1.165) is 0 Å². The van der Waals surface area contributed by atoms with Crippen molar-refractivity contribution >= 4 is 27.5 Å². The van der Waals surface area contributed by atoms with Gasteiger partial charge in [0, 0.05) is 11.3 Å². The van der Waals surface area contributed by atoms with Crippen LogP contribution in [0.3, 0.4) is 0 Å². The highest BCUT2D eigenvalue weighted by Crippen LogP contribution is 2.36. The third-order valence-corrected chi connectivity index (χ3v) is 2.68. The third kappa shape index (κ3) is 1.03. The minimum Gasteiger partial charge on any atom is -0.325 e. The van der Waals surface area contributed by atoms with Gasteiger partial charge in [-0.15, -0.1) is 0 Å². The SMILES string of the molecule is O=C1Nc2ccc(F)cc2C1Br. The van der Waals surface area contributed by atoms with Crippen LogP contribution in [0.2, 0.25) is 0 Å². The van der Waals surface area contributed by atoms with E-state index in [1.54, 1.807) is 6.07 Å². The molecular weight excluding hydrogens is 225 g/mol. The molecule has 1 unspecified atom stereocenters. The molecule has 0 radical (unpaired) electrons. The van der Waals surface area contributed by atoms with Crippen LogP contribution in [-0.4, -0.2) is 5.91 Å². The molecule has 4 heteroatoms. The minimum atomic E-state index is -0.414. The molecule has 1 heterocycles. The van der Waals surface area contributed by atoms with Crippen LogP contribution in [-0.2, 0) is 4.79 Å². The predicted octanol–water partition coefficient (Wildman–Crippen LogP) is 2.21. The number of amides is 1. The highest BCUT2D eigenvalue weighted by Gasteiger charge is 2.27. The Morgan fingerprint density at radius 1 is 1.50 bits per heavy atom. The summed E-state index contributed by atoms with van der Waals surface area (Å²) in [6, 6.07) is 4.24. The Hall–Kier alpha value is -0.900. The summed E-state index contributed by atoms with van der Waals surface area (Å²) in [5.41, 5.74) is 1.35. The molecule has 0 bridgehead atoms. The van der Waals surface area contributed by atoms with E-state index in [1.807, 2.05) is 0 Å². The van der Waals surface area contributed by atoms with Crippen LogP contribution in [0.25, 0.3) is 0 Å². The van der Waals surface area contributed by atoms with Gasteiger partial charge in [-0.2, -0.15) is 0 Å². The lowest BCUT2D eigenvalue weighted by Gasteiger charge is -1.97. The van der Waals surface area contributed by atoms with Gasteiger partial charge in [-0.1, -0.05) is 15.9 Å². The van der Waals surface area contributed by atoms with Gasteiger partial charge in [0.05, 0.1) is 0 Å². The first-order valence-corrected chi connectivity index (χ1v) is 4.34. The lowest BCUT2D eigenvalue weighted by molar-refractivity contribution is -0.115. The van der Waals surface area contributed by atoms with E-state index in [4.69, 9.17) is 0 Å². The number of rotatable bonds is 0. The second-order valence-corrected chi connectivity index (χ2v) is 3.50. The standard InChI is InChI=1S/C8H5BrFNO/c9-7-5-3-4(10)1-2-6(5)11-8(7)12/h1-3,7H,(H,11,12). The number of benzene rings is 1. The molecule has 0 fully saturated rings. The third-order valence-electron chi connectivity index (χ3n) is 1.77. The van der Waals surface area contributed by atoms with E-state index < -0.39 is 4.83 Å². The molecular formula is C8H5BrFNO. The molecule has 1 N–H and O–H groups in total. The van der Waals surface area contributed by atoms with Crippen molar-refractivity contribution in [1.29, 1.82) is 0 Å². The van der Waals surface area contributed by atoms with Gasteiger partial charge in [-0.3, -0.25) is 4.79 Å². The summed E-state index contributed by atoms with van der Waals surface area (Å²) < 4.78 is 12.7. The van der Waals surface area contributed by atoms with Gasteiger partial charge in [-0.25, -0.2) is 4.39 Å². The quantitative estimate of drug-likeness (QED) is 0.680. The van der Waals surface area contributed by atoms with Crippen molar-refractivity contribution < 1.29 is 9.18 Å². The van der Waals surface area contributed by atoms with Crippen LogP contribution >= 0.6 is 15.9 Å². The zero-order chi connectivity index (χ0) is 8.72. The second-order valence-electron chi connectivity index (χ2n) is 2.58. The summed E-state index contributed by atoms with van der Waals surface area (Å²) in [5, 5.41) is 2.62. The van der Waals surface area contributed by atoms with Crippen LogP contribution in [0.4, 0.5) is 10.1 Å². The highest BCUT2D eigenvalue weighted by molar-refractivity contribution is 9.09. The molecule has 1 aromatic rings. The van der Waals surface area contributed by atoms with Gasteiger partial charge in [0.2, 0.25) is 5.91 Å². The van der Waals surface area contributed by atoms with E-state index in [2.05, 4.69) is 21.2 Å². The van der Waals surface area contributed by atoms with Crippen molar-refractivity contribution in [1.82, 2.24) is 0 Å². The highest BCUT2D eigenvalue weighted by atomic mass is 79.9. The summed E-state index contributed by atoms with van der Waals surface area (Å²) in [5.74, 6) is -0.467. The molecule has 62 valence electrons. The Morgan fingerprint density at radius 3 is 3.00 bits per heavy atom. The number of anilines is 1. The maximum Gasteiger partial charge on any atom is 0.242 e. The molecule has 1 aromatic carbocycles. The molecule has 1 atom stereocenters. The average molecular weight is 230 g/mol. The zero-order valence-corrected chi connectivity index (χ0v) is 7.56. The van der Waals surface area contributed by atoms with Crippen molar-refractivity contribution in [2.75, 3.05) is 5.32 Å². The van der Waals surface area contributed by atoms with Crippen molar-refractivity contribution in [3.05, 3.63) is 29.6 Å². The summed E-state index contributed by atoms with van der Waals surface area (Å²) in [6.45, 7) is 0. The summed E-state index contributed by atoms with van der Waals surface area (Å²) in [7, 11) is 0. The number of hydrogen-bond acceptors (Lipinski definition) is 1. The van der Waals surface area contributed by atoms with E-state index in [9.17, 15) is 9.18 Å². The normalized spacial score (nSPS) is 20.5. The van der Waals surface area contributed by atoms with Crippen molar-refractivity contribution in [3.8, 4) is 0 Å². The number of carbonyl (C=O) groups is 1. The fourth-order valence-corrected chi connectivity index (χ4v) is 1.69. The van der Waals surface area contributed by atoms with Gasteiger partial charge < -0.3 is 5.32 Å². The predicted molar refractivity (Wildman–Crippen MR) is 46.7 cm³/mol. The number of carbonyl (C=O) groups excluding carboxylic acids is 1. The second kappa shape index (κ2) is 2.55. The van der Waals surface area contributed by atoms with Crippen LogP contribution in [0.15, 0.2) is 18.2 Å². The van der Waals surface area contributed by atoms with Crippen molar-refractivity contribution in [3.63, 3.8) is 0 Å². The van der Waals surface area contributed by atoms with Gasteiger partial charge >= 0.3 is 0 Å². The topological polar surface area (TPSA) is 29.1 Å². The van der Waals surface area contributed by atoms with E-state index in [-0.39, 0.29) is 11.7 Å². The molecule has 2 rings (SSSR count). The average Bonchev–Trinajstić information content (AvgIpc) is 2.31. The first kappa shape index (κ1) is 7.73. The zero-order valence-electron chi connectivity index (χ0n) is 5.97. The summed E-state index contributed by atoms with van der Waals surface area (Å²) >= 11 is 3.16. The molecule has 1 aliphatic rings. The fraction of sp³-hybridized carbons (Fsp3) is 0.125. The molecule has 12 heavy (non-hydrogen) atoms. The summed E-state index contributed by atoms with van der Waals surface area (Å²) in [4.78, 5) is 10.6. The Kier molecular flexibility index (Phi) is 1.65. The molecule has 1 aliphatic heterocycles. The molecule has 2 nitrogen and oxygen atoms in total. The Bertz CT molecular complexity index is 353. The van der Waals surface area contributed by atoms with Crippen LogP contribution in [0.5, 0.6) is 0 Å². The van der Waals surface area contributed by atoms with Gasteiger partial charge in [0.25, 0.3) is 0 Å². The monoisotopic (exact) mass is 229 g/mol. The van der Waals surface area contributed by atoms with Crippen molar-refractivity contribution in [2.24, 2.45) is 0 Å². The minimum absolute atomic E-state index is 0.143. The smallest absolute Gasteiger partial charge is 0.242 e. The van der Waals surface area contributed by atoms with E-state index in [1.165, 1.54) is 12.1 Å². The van der Waals surface area contributed by atoms with Crippen LogP contribution in [0, 0.1) is 5.82 Å². The molecule has 0 saturated carbocycles. The van der Waals surface area contributed by atoms with Gasteiger partial charge in [0.1, 0.15) is 10.6 Å². The first-order valence-electron chi connectivity index (χ1n) is 3.43. The lowest BCUT2D eigenvalue weighted by Crippen LogP contribution is -2.06. The molecule has 0 saturated heterocycles. The molecule has 0 aliphatic carbocycles. The number of fused-ring (bicyclic) bond motifs is 1.